The van der Waals surface area contributed by atoms with Crippen LogP contribution in [0, 0.1) is 12.8 Å². The third kappa shape index (κ3) is 4.70. The molecule has 1 aromatic carbocycles. The number of hydrogen-bond acceptors (Lipinski definition) is 3. The summed E-state index contributed by atoms with van der Waals surface area (Å²) in [5.41, 5.74) is 3.45. The third-order valence-electron chi connectivity index (χ3n) is 2.94. The molecule has 2 aromatic rings. The first kappa shape index (κ1) is 14.6. The number of hydrogen-bond donors (Lipinski definition) is 2. The van der Waals surface area contributed by atoms with Crippen molar-refractivity contribution >= 4 is 0 Å². The van der Waals surface area contributed by atoms with Gasteiger partial charge in [0.2, 0.25) is 5.88 Å². The van der Waals surface area contributed by atoms with Crippen molar-refractivity contribution in [1.82, 2.24) is 15.5 Å². The van der Waals surface area contributed by atoms with Crippen LogP contribution in [0.1, 0.15) is 30.7 Å². The van der Waals surface area contributed by atoms with Gasteiger partial charge in [-0.3, -0.25) is 5.10 Å². The van der Waals surface area contributed by atoms with Crippen LogP contribution in [0.5, 0.6) is 5.88 Å². The zero-order chi connectivity index (χ0) is 14.4. The molecule has 0 saturated carbocycles. The summed E-state index contributed by atoms with van der Waals surface area (Å²) < 4.78 is 5.65. The molecule has 1 heterocycles. The van der Waals surface area contributed by atoms with Crippen LogP contribution in [0.3, 0.4) is 0 Å². The van der Waals surface area contributed by atoms with Crippen LogP contribution >= 0.6 is 0 Å². The predicted octanol–water partition coefficient (Wildman–Crippen LogP) is 3.04. The lowest BCUT2D eigenvalue weighted by atomic mass is 10.1. The summed E-state index contributed by atoms with van der Waals surface area (Å²) in [4.78, 5) is 0. The molecule has 0 saturated heterocycles. The Hall–Kier alpha value is -1.81. The Labute approximate surface area is 120 Å². The minimum absolute atomic E-state index is 0.544. The molecule has 4 heteroatoms. The molecular formula is C16H23N3O. The normalized spacial score (nSPS) is 11.0. The molecule has 0 aliphatic rings. The van der Waals surface area contributed by atoms with E-state index >= 15 is 0 Å². The van der Waals surface area contributed by atoms with E-state index in [1.165, 1.54) is 5.56 Å². The van der Waals surface area contributed by atoms with Gasteiger partial charge in [0.1, 0.15) is 6.61 Å². The van der Waals surface area contributed by atoms with E-state index in [-0.39, 0.29) is 0 Å². The molecule has 1 aromatic heterocycles. The minimum atomic E-state index is 0.544. The maximum Gasteiger partial charge on any atom is 0.233 e. The van der Waals surface area contributed by atoms with Crippen molar-refractivity contribution in [3.8, 4) is 5.88 Å². The van der Waals surface area contributed by atoms with Crippen molar-refractivity contribution in [2.75, 3.05) is 6.54 Å². The number of aromatic amines is 1. The van der Waals surface area contributed by atoms with Gasteiger partial charge in [-0.2, -0.15) is 0 Å². The Morgan fingerprint density at radius 3 is 2.75 bits per heavy atom. The highest BCUT2D eigenvalue weighted by molar-refractivity contribution is 5.23. The molecule has 0 unspecified atom stereocenters. The number of rotatable bonds is 7. The highest BCUT2D eigenvalue weighted by Gasteiger charge is 2.01. The van der Waals surface area contributed by atoms with Crippen LogP contribution in [-0.2, 0) is 13.2 Å². The first-order valence-electron chi connectivity index (χ1n) is 7.07. The van der Waals surface area contributed by atoms with Crippen molar-refractivity contribution in [1.29, 1.82) is 0 Å². The van der Waals surface area contributed by atoms with Crippen LogP contribution in [0.4, 0.5) is 0 Å². The average Bonchev–Trinajstić information content (AvgIpc) is 2.82. The van der Waals surface area contributed by atoms with Gasteiger partial charge in [0.25, 0.3) is 0 Å². The van der Waals surface area contributed by atoms with Gasteiger partial charge in [-0.05, 0) is 30.5 Å². The van der Waals surface area contributed by atoms with Gasteiger partial charge in [0.05, 0.1) is 0 Å². The lowest BCUT2D eigenvalue weighted by molar-refractivity contribution is 0.293. The van der Waals surface area contributed by atoms with Gasteiger partial charge in [0.15, 0.2) is 0 Å². The Bertz CT molecular complexity index is 534. The second-order valence-electron chi connectivity index (χ2n) is 5.52. The number of aromatic nitrogens is 2. The molecule has 0 radical (unpaired) electrons. The zero-order valence-electron chi connectivity index (χ0n) is 12.4. The number of ether oxygens (including phenoxy) is 1. The van der Waals surface area contributed by atoms with Crippen LogP contribution in [0.15, 0.2) is 30.3 Å². The first-order chi connectivity index (χ1) is 9.63. The lowest BCUT2D eigenvalue weighted by Crippen LogP contribution is -2.19. The van der Waals surface area contributed by atoms with Crippen molar-refractivity contribution in [2.45, 2.75) is 33.9 Å². The summed E-state index contributed by atoms with van der Waals surface area (Å²) >= 11 is 0. The van der Waals surface area contributed by atoms with E-state index in [4.69, 9.17) is 4.74 Å². The molecular weight excluding hydrogens is 250 g/mol. The molecule has 0 fully saturated rings. The Morgan fingerprint density at radius 2 is 2.05 bits per heavy atom. The summed E-state index contributed by atoms with van der Waals surface area (Å²) in [6, 6.07) is 10.3. The smallest absolute Gasteiger partial charge is 0.233 e. The maximum atomic E-state index is 5.65. The summed E-state index contributed by atoms with van der Waals surface area (Å²) in [5.74, 6) is 1.32. The molecule has 0 spiro atoms. The first-order valence-corrected chi connectivity index (χ1v) is 7.07. The van der Waals surface area contributed by atoms with E-state index in [0.29, 0.717) is 18.4 Å². The van der Waals surface area contributed by atoms with Gasteiger partial charge < -0.3 is 10.1 Å². The number of nitrogens with zero attached hydrogens (tertiary/aromatic N) is 1. The second kappa shape index (κ2) is 7.10. The van der Waals surface area contributed by atoms with Crippen LogP contribution in [-0.4, -0.2) is 16.7 Å². The molecule has 2 N–H and O–H groups in total. The van der Waals surface area contributed by atoms with Crippen LogP contribution in [0.2, 0.25) is 0 Å². The molecule has 0 amide bonds. The highest BCUT2D eigenvalue weighted by Crippen LogP contribution is 2.11. The largest absolute Gasteiger partial charge is 0.472 e. The van der Waals surface area contributed by atoms with E-state index in [2.05, 4.69) is 53.6 Å². The summed E-state index contributed by atoms with van der Waals surface area (Å²) in [7, 11) is 0. The molecule has 108 valence electrons. The fraction of sp³-hybridized carbons (Fsp3) is 0.438. The Morgan fingerprint density at radius 1 is 1.25 bits per heavy atom. The molecule has 20 heavy (non-hydrogen) atoms. The summed E-state index contributed by atoms with van der Waals surface area (Å²) in [5, 5.41) is 10.4. The quantitative estimate of drug-likeness (QED) is 0.815. The van der Waals surface area contributed by atoms with E-state index in [9.17, 15) is 0 Å². The van der Waals surface area contributed by atoms with Gasteiger partial charge in [-0.15, -0.1) is 5.10 Å². The second-order valence-corrected chi connectivity index (χ2v) is 5.52. The molecule has 0 aliphatic carbocycles. The zero-order valence-corrected chi connectivity index (χ0v) is 12.4. The van der Waals surface area contributed by atoms with Gasteiger partial charge >= 0.3 is 0 Å². The number of nitrogens with one attached hydrogen (secondary N) is 2. The fourth-order valence-electron chi connectivity index (χ4n) is 1.96. The monoisotopic (exact) mass is 273 g/mol. The number of aryl methyl sites for hydroxylation is 1. The lowest BCUT2D eigenvalue weighted by Gasteiger charge is -2.09. The predicted molar refractivity (Wildman–Crippen MR) is 80.6 cm³/mol. The SMILES string of the molecule is Cc1cc(OCc2cccc(CNCC(C)C)c2)n[nH]1. The van der Waals surface area contributed by atoms with Crippen molar-refractivity contribution in [3.05, 3.63) is 47.2 Å². The van der Waals surface area contributed by atoms with E-state index in [0.717, 1.165) is 24.3 Å². The van der Waals surface area contributed by atoms with Gasteiger partial charge in [-0.1, -0.05) is 38.1 Å². The Kier molecular flexibility index (Phi) is 5.18. The molecule has 0 aliphatic heterocycles. The van der Waals surface area contributed by atoms with Crippen molar-refractivity contribution in [3.63, 3.8) is 0 Å². The van der Waals surface area contributed by atoms with E-state index < -0.39 is 0 Å². The average molecular weight is 273 g/mol. The summed E-state index contributed by atoms with van der Waals surface area (Å²) in [6.07, 6.45) is 0. The van der Waals surface area contributed by atoms with Gasteiger partial charge in [-0.25, -0.2) is 0 Å². The fourth-order valence-corrected chi connectivity index (χ4v) is 1.96. The van der Waals surface area contributed by atoms with E-state index in [1.807, 2.05) is 13.0 Å². The topological polar surface area (TPSA) is 49.9 Å². The number of benzene rings is 1. The molecule has 0 atom stereocenters. The molecule has 2 rings (SSSR count). The summed E-state index contributed by atoms with van der Waals surface area (Å²) in [6.45, 7) is 8.86. The Balaban J connectivity index is 1.85. The maximum absolute atomic E-state index is 5.65. The molecule has 4 nitrogen and oxygen atoms in total. The molecule has 0 bridgehead atoms. The standard InChI is InChI=1S/C16H23N3O/c1-12(2)9-17-10-14-5-4-6-15(8-14)11-20-16-7-13(3)18-19-16/h4-8,12,17H,9-11H2,1-3H3,(H,18,19). The van der Waals surface area contributed by atoms with E-state index in [1.54, 1.807) is 0 Å². The van der Waals surface area contributed by atoms with Crippen LogP contribution < -0.4 is 10.1 Å². The van der Waals surface area contributed by atoms with Crippen LogP contribution in [0.25, 0.3) is 0 Å². The minimum Gasteiger partial charge on any atom is -0.472 e. The highest BCUT2D eigenvalue weighted by atomic mass is 16.5. The van der Waals surface area contributed by atoms with Crippen molar-refractivity contribution < 1.29 is 4.74 Å². The van der Waals surface area contributed by atoms with Crippen molar-refractivity contribution in [2.24, 2.45) is 5.92 Å². The number of H-pyrrole nitrogens is 1. The third-order valence-corrected chi connectivity index (χ3v) is 2.94. The van der Waals surface area contributed by atoms with Gasteiger partial charge in [0, 0.05) is 18.3 Å².